The monoisotopic (exact) mass is 302 g/mol. The van der Waals surface area contributed by atoms with Gasteiger partial charge in [0.25, 0.3) is 0 Å². The van der Waals surface area contributed by atoms with E-state index in [9.17, 15) is 10.2 Å². The third-order valence-electron chi connectivity index (χ3n) is 3.67. The van der Waals surface area contributed by atoms with Crippen LogP contribution in [0.4, 0.5) is 0 Å². The number of benzene rings is 1. The molecule has 0 unspecified atom stereocenters. The third-order valence-corrected chi connectivity index (χ3v) is 3.67. The first kappa shape index (κ1) is 14.6. The van der Waals surface area contributed by atoms with Crippen LogP contribution in [-0.4, -0.2) is 22.0 Å². The maximum atomic E-state index is 9.92. The number of aromatic nitrogens is 1. The fraction of sp³-hybridized carbons (Fsp3) is 0.312. The molecule has 6 nitrogen and oxygen atoms in total. The number of ether oxygens (including phenoxy) is 2. The van der Waals surface area contributed by atoms with E-state index in [1.165, 1.54) is 0 Å². The van der Waals surface area contributed by atoms with Crippen LogP contribution in [0.25, 0.3) is 0 Å². The van der Waals surface area contributed by atoms with Gasteiger partial charge in [0, 0.05) is 24.8 Å². The van der Waals surface area contributed by atoms with Gasteiger partial charge in [-0.3, -0.25) is 4.98 Å². The maximum absolute atomic E-state index is 9.92. The number of nitrogens with one attached hydrogen (secondary N) is 1. The molecular weight excluding hydrogens is 284 g/mol. The highest BCUT2D eigenvalue weighted by molar-refractivity contribution is 5.44. The Labute approximate surface area is 128 Å². The van der Waals surface area contributed by atoms with Crippen LogP contribution in [0.1, 0.15) is 22.4 Å². The van der Waals surface area contributed by atoms with E-state index in [2.05, 4.69) is 10.3 Å². The molecule has 0 radical (unpaired) electrons. The molecule has 22 heavy (non-hydrogen) atoms. The van der Waals surface area contributed by atoms with Gasteiger partial charge in [-0.25, -0.2) is 0 Å². The zero-order valence-electron chi connectivity index (χ0n) is 12.3. The molecule has 2 heterocycles. The summed E-state index contributed by atoms with van der Waals surface area (Å²) in [7, 11) is 0. The minimum Gasteiger partial charge on any atom is -0.506 e. The minimum absolute atomic E-state index is 0.0601. The SMILES string of the molecule is Cc1ncc(CNCc2ccc3c(c2)OCO3)c(CO)c1O. The molecule has 1 aliphatic heterocycles. The topological polar surface area (TPSA) is 83.8 Å². The molecule has 2 aromatic rings. The summed E-state index contributed by atoms with van der Waals surface area (Å²) in [6.45, 7) is 2.90. The Morgan fingerprint density at radius 2 is 2.05 bits per heavy atom. The standard InChI is InChI=1S/C16H18N2O4/c1-10-16(20)13(8-19)12(7-18-10)6-17-5-11-2-3-14-15(4-11)22-9-21-14/h2-4,7,17,19-20H,5-6,8-9H2,1H3. The van der Waals surface area contributed by atoms with Crippen LogP contribution in [0.3, 0.4) is 0 Å². The Morgan fingerprint density at radius 1 is 1.23 bits per heavy atom. The molecule has 1 aliphatic rings. The van der Waals surface area contributed by atoms with Crippen molar-refractivity contribution in [2.45, 2.75) is 26.6 Å². The van der Waals surface area contributed by atoms with Crippen molar-refractivity contribution >= 4 is 0 Å². The zero-order valence-corrected chi connectivity index (χ0v) is 12.3. The first-order chi connectivity index (χ1) is 10.7. The first-order valence-electron chi connectivity index (χ1n) is 7.05. The largest absolute Gasteiger partial charge is 0.506 e. The molecule has 0 bridgehead atoms. The summed E-state index contributed by atoms with van der Waals surface area (Å²) >= 11 is 0. The Bertz CT molecular complexity index is 688. The number of aryl methyl sites for hydroxylation is 1. The summed E-state index contributed by atoms with van der Waals surface area (Å²) in [5.74, 6) is 1.58. The number of aromatic hydroxyl groups is 1. The highest BCUT2D eigenvalue weighted by Crippen LogP contribution is 2.32. The van der Waals surface area contributed by atoms with Crippen molar-refractivity contribution in [3.8, 4) is 17.2 Å². The van der Waals surface area contributed by atoms with E-state index in [-0.39, 0.29) is 19.1 Å². The average molecular weight is 302 g/mol. The zero-order chi connectivity index (χ0) is 15.5. The van der Waals surface area contributed by atoms with Crippen molar-refractivity contribution in [3.63, 3.8) is 0 Å². The fourth-order valence-corrected chi connectivity index (χ4v) is 2.41. The normalized spacial score (nSPS) is 12.6. The molecule has 1 aromatic heterocycles. The van der Waals surface area contributed by atoms with E-state index in [4.69, 9.17) is 9.47 Å². The van der Waals surface area contributed by atoms with Gasteiger partial charge in [0.1, 0.15) is 5.75 Å². The fourth-order valence-electron chi connectivity index (χ4n) is 2.41. The van der Waals surface area contributed by atoms with Gasteiger partial charge in [-0.15, -0.1) is 0 Å². The van der Waals surface area contributed by atoms with Gasteiger partial charge in [0.2, 0.25) is 6.79 Å². The van der Waals surface area contributed by atoms with Crippen LogP contribution in [0.2, 0.25) is 0 Å². The molecule has 0 fully saturated rings. The van der Waals surface area contributed by atoms with Crippen LogP contribution in [0.5, 0.6) is 17.2 Å². The van der Waals surface area contributed by atoms with Gasteiger partial charge in [-0.1, -0.05) is 6.07 Å². The number of rotatable bonds is 5. The molecule has 3 N–H and O–H groups in total. The van der Waals surface area contributed by atoms with E-state index in [1.54, 1.807) is 13.1 Å². The van der Waals surface area contributed by atoms with Crippen LogP contribution >= 0.6 is 0 Å². The summed E-state index contributed by atoms with van der Waals surface area (Å²) in [6, 6.07) is 5.79. The van der Waals surface area contributed by atoms with Crippen molar-refractivity contribution in [2.75, 3.05) is 6.79 Å². The van der Waals surface area contributed by atoms with E-state index in [0.29, 0.717) is 24.3 Å². The van der Waals surface area contributed by atoms with Crippen LogP contribution < -0.4 is 14.8 Å². The molecule has 116 valence electrons. The van der Waals surface area contributed by atoms with E-state index in [1.807, 2.05) is 18.2 Å². The number of fused-ring (bicyclic) bond motifs is 1. The molecule has 0 amide bonds. The van der Waals surface area contributed by atoms with Gasteiger partial charge in [0.05, 0.1) is 12.3 Å². The summed E-state index contributed by atoms with van der Waals surface area (Å²) in [6.07, 6.45) is 1.67. The summed E-state index contributed by atoms with van der Waals surface area (Å²) < 4.78 is 10.6. The van der Waals surface area contributed by atoms with Crippen LogP contribution in [0, 0.1) is 6.92 Å². The lowest BCUT2D eigenvalue weighted by atomic mass is 10.1. The van der Waals surface area contributed by atoms with Gasteiger partial charge in [0.15, 0.2) is 11.5 Å². The number of hydrogen-bond donors (Lipinski definition) is 3. The van der Waals surface area contributed by atoms with Crippen molar-refractivity contribution in [1.82, 2.24) is 10.3 Å². The molecule has 0 atom stereocenters. The lowest BCUT2D eigenvalue weighted by Crippen LogP contribution is -2.14. The molecule has 0 saturated carbocycles. The summed E-state index contributed by atoms with van der Waals surface area (Å²) in [5, 5.41) is 22.6. The van der Waals surface area contributed by atoms with E-state index >= 15 is 0 Å². The maximum Gasteiger partial charge on any atom is 0.231 e. The molecular formula is C16H18N2O4. The number of nitrogens with zero attached hydrogens (tertiary/aromatic N) is 1. The lowest BCUT2D eigenvalue weighted by Gasteiger charge is -2.12. The first-order valence-corrected chi connectivity index (χ1v) is 7.05. The summed E-state index contributed by atoms with van der Waals surface area (Å²) in [4.78, 5) is 4.12. The predicted molar refractivity (Wildman–Crippen MR) is 79.7 cm³/mol. The van der Waals surface area contributed by atoms with Gasteiger partial charge in [-0.2, -0.15) is 0 Å². The average Bonchev–Trinajstić information content (AvgIpc) is 2.98. The highest BCUT2D eigenvalue weighted by atomic mass is 16.7. The van der Waals surface area contributed by atoms with E-state index < -0.39 is 0 Å². The van der Waals surface area contributed by atoms with Crippen molar-refractivity contribution in [3.05, 3.63) is 46.8 Å². The number of pyridine rings is 1. The molecule has 1 aromatic carbocycles. The van der Waals surface area contributed by atoms with Crippen molar-refractivity contribution in [2.24, 2.45) is 0 Å². The quantitative estimate of drug-likeness (QED) is 0.778. The highest BCUT2D eigenvalue weighted by Gasteiger charge is 2.13. The molecule has 0 aliphatic carbocycles. The number of hydrogen-bond acceptors (Lipinski definition) is 6. The van der Waals surface area contributed by atoms with Crippen molar-refractivity contribution < 1.29 is 19.7 Å². The molecule has 0 spiro atoms. The molecule has 3 rings (SSSR count). The minimum atomic E-state index is -0.212. The Hall–Kier alpha value is -2.31. The molecule has 0 saturated heterocycles. The smallest absolute Gasteiger partial charge is 0.231 e. The third kappa shape index (κ3) is 2.84. The second-order valence-corrected chi connectivity index (χ2v) is 5.15. The van der Waals surface area contributed by atoms with E-state index in [0.717, 1.165) is 22.6 Å². The van der Waals surface area contributed by atoms with Crippen LogP contribution in [0.15, 0.2) is 24.4 Å². The van der Waals surface area contributed by atoms with Gasteiger partial charge in [-0.05, 0) is 30.2 Å². The van der Waals surface area contributed by atoms with Crippen LogP contribution in [-0.2, 0) is 19.7 Å². The second-order valence-electron chi connectivity index (χ2n) is 5.15. The Kier molecular flexibility index (Phi) is 4.13. The summed E-state index contributed by atoms with van der Waals surface area (Å²) in [5.41, 5.74) is 2.89. The second kappa shape index (κ2) is 6.21. The number of aliphatic hydroxyl groups excluding tert-OH is 1. The van der Waals surface area contributed by atoms with Gasteiger partial charge >= 0.3 is 0 Å². The number of aliphatic hydroxyl groups is 1. The Morgan fingerprint density at radius 3 is 2.86 bits per heavy atom. The van der Waals surface area contributed by atoms with Gasteiger partial charge < -0.3 is 25.0 Å². The predicted octanol–water partition coefficient (Wildman–Crippen LogP) is 1.61. The Balaban J connectivity index is 1.65. The molecule has 6 heteroatoms. The lowest BCUT2D eigenvalue weighted by molar-refractivity contribution is 0.174. The van der Waals surface area contributed by atoms with Crippen molar-refractivity contribution in [1.29, 1.82) is 0 Å².